The van der Waals surface area contributed by atoms with Gasteiger partial charge in [-0.25, -0.2) is 4.98 Å². The van der Waals surface area contributed by atoms with E-state index in [1.165, 1.54) is 13.3 Å². The Labute approximate surface area is 84.2 Å². The first-order valence-corrected chi connectivity index (χ1v) is 4.39. The molecule has 0 fully saturated rings. The maximum Gasteiger partial charge on any atom is 0.327 e. The summed E-state index contributed by atoms with van der Waals surface area (Å²) in [6.07, 6.45) is 1.53. The monoisotopic (exact) mass is 244 g/mol. The fourth-order valence-electron chi connectivity index (χ4n) is 0.834. The van der Waals surface area contributed by atoms with Crippen LogP contribution in [0.15, 0.2) is 22.9 Å². The van der Waals surface area contributed by atoms with Gasteiger partial charge in [0.1, 0.15) is 10.6 Å². The minimum Gasteiger partial charge on any atom is -0.468 e. The van der Waals surface area contributed by atoms with Crippen LogP contribution in [0.5, 0.6) is 0 Å². The third-order valence-corrected chi connectivity index (χ3v) is 2.03. The molecule has 70 valence electrons. The van der Waals surface area contributed by atoms with Crippen LogP contribution in [0.4, 0.5) is 0 Å². The van der Waals surface area contributed by atoms with Gasteiger partial charge < -0.3 is 10.5 Å². The van der Waals surface area contributed by atoms with Gasteiger partial charge in [0.25, 0.3) is 0 Å². The number of hydrogen-bond donors (Lipinski definition) is 1. The Hall–Kier alpha value is -0.940. The van der Waals surface area contributed by atoms with Crippen molar-refractivity contribution in [2.75, 3.05) is 7.11 Å². The Morgan fingerprint density at radius 3 is 2.85 bits per heavy atom. The van der Waals surface area contributed by atoms with Crippen molar-refractivity contribution in [3.05, 3.63) is 28.5 Å². The molecule has 1 atom stereocenters. The molecule has 0 bridgehead atoms. The van der Waals surface area contributed by atoms with Crippen LogP contribution in [-0.2, 0) is 9.53 Å². The Kier molecular flexibility index (Phi) is 3.39. The maximum atomic E-state index is 11.0. The second-order valence-electron chi connectivity index (χ2n) is 2.42. The summed E-state index contributed by atoms with van der Waals surface area (Å²) in [5.74, 6) is -0.468. The molecule has 5 heteroatoms. The minimum atomic E-state index is -0.759. The number of ether oxygens (including phenoxy) is 1. The molecular formula is C8H9BrN2O2. The quantitative estimate of drug-likeness (QED) is 0.624. The Bertz CT molecular complexity index is 300. The highest BCUT2D eigenvalue weighted by molar-refractivity contribution is 9.10. The third kappa shape index (κ3) is 2.50. The van der Waals surface area contributed by atoms with E-state index >= 15 is 0 Å². The van der Waals surface area contributed by atoms with Gasteiger partial charge >= 0.3 is 5.97 Å². The van der Waals surface area contributed by atoms with E-state index in [0.29, 0.717) is 10.2 Å². The van der Waals surface area contributed by atoms with Gasteiger partial charge in [-0.15, -0.1) is 0 Å². The van der Waals surface area contributed by atoms with Crippen LogP contribution in [0.3, 0.4) is 0 Å². The van der Waals surface area contributed by atoms with Crippen molar-refractivity contribution < 1.29 is 9.53 Å². The molecule has 0 spiro atoms. The summed E-state index contributed by atoms with van der Waals surface area (Å²) in [4.78, 5) is 15.0. The predicted molar refractivity (Wildman–Crippen MR) is 50.9 cm³/mol. The van der Waals surface area contributed by atoms with Gasteiger partial charge in [-0.2, -0.15) is 0 Å². The summed E-state index contributed by atoms with van der Waals surface area (Å²) in [6.45, 7) is 0. The number of aromatic nitrogens is 1. The van der Waals surface area contributed by atoms with E-state index in [-0.39, 0.29) is 0 Å². The average Bonchev–Trinajstić information content (AvgIpc) is 2.17. The SMILES string of the molecule is COC(=O)C(N)c1ccc(Br)nc1. The summed E-state index contributed by atoms with van der Waals surface area (Å²) >= 11 is 3.18. The molecule has 13 heavy (non-hydrogen) atoms. The van der Waals surface area contributed by atoms with E-state index < -0.39 is 12.0 Å². The second kappa shape index (κ2) is 4.34. The molecule has 1 unspecified atom stereocenters. The van der Waals surface area contributed by atoms with Crippen LogP contribution in [0.2, 0.25) is 0 Å². The first-order chi connectivity index (χ1) is 6.15. The van der Waals surface area contributed by atoms with Crippen LogP contribution in [-0.4, -0.2) is 18.1 Å². The van der Waals surface area contributed by atoms with E-state index in [1.54, 1.807) is 12.1 Å². The zero-order chi connectivity index (χ0) is 9.84. The largest absolute Gasteiger partial charge is 0.468 e. The van der Waals surface area contributed by atoms with E-state index in [9.17, 15) is 4.79 Å². The van der Waals surface area contributed by atoms with E-state index in [1.807, 2.05) is 0 Å². The first kappa shape index (κ1) is 10.1. The number of nitrogens with zero attached hydrogens (tertiary/aromatic N) is 1. The van der Waals surface area contributed by atoms with Crippen molar-refractivity contribution >= 4 is 21.9 Å². The lowest BCUT2D eigenvalue weighted by Gasteiger charge is -2.08. The molecule has 1 rings (SSSR count). The molecule has 0 saturated carbocycles. The highest BCUT2D eigenvalue weighted by Crippen LogP contribution is 2.13. The lowest BCUT2D eigenvalue weighted by molar-refractivity contribution is -0.142. The van der Waals surface area contributed by atoms with Crippen molar-refractivity contribution in [3.63, 3.8) is 0 Å². The average molecular weight is 245 g/mol. The molecule has 1 aromatic rings. The normalized spacial score (nSPS) is 12.2. The molecule has 2 N–H and O–H groups in total. The van der Waals surface area contributed by atoms with Crippen molar-refractivity contribution in [2.24, 2.45) is 5.73 Å². The Morgan fingerprint density at radius 2 is 2.38 bits per heavy atom. The molecule has 0 aromatic carbocycles. The molecule has 1 heterocycles. The summed E-state index contributed by atoms with van der Waals surface area (Å²) in [7, 11) is 1.30. The molecule has 0 amide bonds. The summed E-state index contributed by atoms with van der Waals surface area (Å²) < 4.78 is 5.20. The van der Waals surface area contributed by atoms with Crippen LogP contribution in [0, 0.1) is 0 Å². The summed E-state index contributed by atoms with van der Waals surface area (Å²) in [5, 5.41) is 0. The van der Waals surface area contributed by atoms with Crippen molar-refractivity contribution in [1.29, 1.82) is 0 Å². The number of methoxy groups -OCH3 is 1. The van der Waals surface area contributed by atoms with Gasteiger partial charge in [-0.3, -0.25) is 4.79 Å². The molecule has 0 aliphatic rings. The molecule has 4 nitrogen and oxygen atoms in total. The number of pyridine rings is 1. The minimum absolute atomic E-state index is 0.468. The highest BCUT2D eigenvalue weighted by Gasteiger charge is 2.15. The van der Waals surface area contributed by atoms with Gasteiger partial charge in [0.15, 0.2) is 0 Å². The number of esters is 1. The number of carbonyl (C=O) groups excluding carboxylic acids is 1. The Balaban J connectivity index is 2.83. The number of halogens is 1. The van der Waals surface area contributed by atoms with Gasteiger partial charge in [0.05, 0.1) is 7.11 Å². The Morgan fingerprint density at radius 1 is 1.69 bits per heavy atom. The number of hydrogen-bond acceptors (Lipinski definition) is 4. The van der Waals surface area contributed by atoms with Crippen LogP contribution < -0.4 is 5.73 Å². The fraction of sp³-hybridized carbons (Fsp3) is 0.250. The summed E-state index contributed by atoms with van der Waals surface area (Å²) in [5.41, 5.74) is 6.20. The van der Waals surface area contributed by atoms with Crippen molar-refractivity contribution in [3.8, 4) is 0 Å². The topological polar surface area (TPSA) is 65.2 Å². The number of nitrogens with two attached hydrogens (primary N) is 1. The number of rotatable bonds is 2. The third-order valence-electron chi connectivity index (χ3n) is 1.56. The molecular weight excluding hydrogens is 236 g/mol. The predicted octanol–water partition coefficient (Wildman–Crippen LogP) is 1.02. The number of carbonyl (C=O) groups is 1. The first-order valence-electron chi connectivity index (χ1n) is 3.60. The van der Waals surface area contributed by atoms with Crippen LogP contribution >= 0.6 is 15.9 Å². The lowest BCUT2D eigenvalue weighted by atomic mass is 10.1. The molecule has 0 aliphatic carbocycles. The van der Waals surface area contributed by atoms with Crippen molar-refractivity contribution in [1.82, 2.24) is 4.98 Å². The standard InChI is InChI=1S/C8H9BrN2O2/c1-13-8(12)7(10)5-2-3-6(9)11-4-5/h2-4,7H,10H2,1H3. The van der Waals surface area contributed by atoms with Crippen LogP contribution in [0.25, 0.3) is 0 Å². The fourth-order valence-corrected chi connectivity index (χ4v) is 1.07. The summed E-state index contributed by atoms with van der Waals surface area (Å²) in [6, 6.07) is 2.68. The molecule has 0 aliphatic heterocycles. The van der Waals surface area contributed by atoms with Gasteiger partial charge in [-0.05, 0) is 27.6 Å². The second-order valence-corrected chi connectivity index (χ2v) is 3.23. The van der Waals surface area contributed by atoms with E-state index in [0.717, 1.165) is 0 Å². The zero-order valence-electron chi connectivity index (χ0n) is 7.03. The van der Waals surface area contributed by atoms with Gasteiger partial charge in [0, 0.05) is 6.20 Å². The molecule has 0 saturated heterocycles. The van der Waals surface area contributed by atoms with E-state index in [4.69, 9.17) is 5.73 Å². The van der Waals surface area contributed by atoms with Crippen LogP contribution in [0.1, 0.15) is 11.6 Å². The van der Waals surface area contributed by atoms with Crippen molar-refractivity contribution in [2.45, 2.75) is 6.04 Å². The molecule has 1 aromatic heterocycles. The van der Waals surface area contributed by atoms with E-state index in [2.05, 4.69) is 25.7 Å². The smallest absolute Gasteiger partial charge is 0.327 e. The highest BCUT2D eigenvalue weighted by atomic mass is 79.9. The maximum absolute atomic E-state index is 11.0. The zero-order valence-corrected chi connectivity index (χ0v) is 8.61. The lowest BCUT2D eigenvalue weighted by Crippen LogP contribution is -2.22. The van der Waals surface area contributed by atoms with Gasteiger partial charge in [0.2, 0.25) is 0 Å². The molecule has 0 radical (unpaired) electrons. The van der Waals surface area contributed by atoms with Gasteiger partial charge in [-0.1, -0.05) is 6.07 Å².